The number of rotatable bonds is 6. The molecule has 1 aromatic carbocycles. The van der Waals surface area contributed by atoms with Crippen molar-refractivity contribution in [3.05, 3.63) is 41.2 Å². The number of benzene rings is 1. The Morgan fingerprint density at radius 2 is 1.96 bits per heavy atom. The molecule has 1 aliphatic rings. The summed E-state index contributed by atoms with van der Waals surface area (Å²) >= 11 is 0. The van der Waals surface area contributed by atoms with Gasteiger partial charge in [-0.25, -0.2) is 0 Å². The molecular formula is C18H19F2N3O3. The van der Waals surface area contributed by atoms with Gasteiger partial charge in [-0.1, -0.05) is 10.7 Å². The molecule has 2 aromatic rings. The van der Waals surface area contributed by atoms with Crippen LogP contribution in [-0.4, -0.2) is 22.7 Å². The van der Waals surface area contributed by atoms with Crippen molar-refractivity contribution in [3.8, 4) is 17.2 Å². The van der Waals surface area contributed by atoms with E-state index in [0.29, 0.717) is 11.4 Å². The molecule has 1 aromatic heterocycles. The number of amides is 1. The van der Waals surface area contributed by atoms with E-state index in [-0.39, 0.29) is 24.1 Å². The second-order valence-electron chi connectivity index (χ2n) is 6.04. The number of ether oxygens (including phenoxy) is 1. The van der Waals surface area contributed by atoms with Gasteiger partial charge in [0.05, 0.1) is 6.54 Å². The van der Waals surface area contributed by atoms with Crippen molar-refractivity contribution in [2.45, 2.75) is 45.8 Å². The lowest BCUT2D eigenvalue weighted by Crippen LogP contribution is -2.24. The molecule has 1 saturated carbocycles. The van der Waals surface area contributed by atoms with Gasteiger partial charge in [-0.05, 0) is 56.9 Å². The SMILES string of the molecule is CC(C(=O)NCc1noc(-c2ccc(OC(F)F)cc2)n1)=C1CCCC1. The first kappa shape index (κ1) is 18.0. The molecule has 0 atom stereocenters. The number of hydrogen-bond acceptors (Lipinski definition) is 5. The number of nitrogens with zero attached hydrogens (tertiary/aromatic N) is 2. The predicted octanol–water partition coefficient (Wildman–Crippen LogP) is 3.84. The topological polar surface area (TPSA) is 77.2 Å². The first-order valence-corrected chi connectivity index (χ1v) is 8.37. The lowest BCUT2D eigenvalue weighted by molar-refractivity contribution is -0.117. The molecule has 0 spiro atoms. The van der Waals surface area contributed by atoms with Gasteiger partial charge >= 0.3 is 6.61 Å². The van der Waals surface area contributed by atoms with Crippen molar-refractivity contribution >= 4 is 5.91 Å². The summed E-state index contributed by atoms with van der Waals surface area (Å²) in [4.78, 5) is 16.4. The van der Waals surface area contributed by atoms with Crippen molar-refractivity contribution in [1.29, 1.82) is 0 Å². The molecule has 1 fully saturated rings. The monoisotopic (exact) mass is 363 g/mol. The molecule has 138 valence electrons. The van der Waals surface area contributed by atoms with E-state index in [9.17, 15) is 13.6 Å². The summed E-state index contributed by atoms with van der Waals surface area (Å²) < 4.78 is 33.7. The fraction of sp³-hybridized carbons (Fsp3) is 0.389. The Hall–Kier alpha value is -2.77. The summed E-state index contributed by atoms with van der Waals surface area (Å²) in [7, 11) is 0. The second-order valence-corrected chi connectivity index (χ2v) is 6.04. The molecule has 1 N–H and O–H groups in total. The molecule has 8 heteroatoms. The van der Waals surface area contributed by atoms with E-state index in [1.54, 1.807) is 12.1 Å². The zero-order valence-corrected chi connectivity index (χ0v) is 14.3. The largest absolute Gasteiger partial charge is 0.435 e. The lowest BCUT2D eigenvalue weighted by Gasteiger charge is -2.06. The Kier molecular flexibility index (Phi) is 5.60. The van der Waals surface area contributed by atoms with Crippen LogP contribution >= 0.6 is 0 Å². The number of aromatic nitrogens is 2. The molecule has 3 rings (SSSR count). The quantitative estimate of drug-likeness (QED) is 0.789. The van der Waals surface area contributed by atoms with Crippen molar-refractivity contribution < 1.29 is 22.8 Å². The van der Waals surface area contributed by atoms with E-state index < -0.39 is 6.61 Å². The molecule has 0 unspecified atom stereocenters. The number of halogens is 2. The number of carbonyl (C=O) groups excluding carboxylic acids is 1. The van der Waals surface area contributed by atoms with Crippen LogP contribution in [0.25, 0.3) is 11.5 Å². The van der Waals surface area contributed by atoms with Gasteiger partial charge in [-0.15, -0.1) is 0 Å². The first-order chi connectivity index (χ1) is 12.5. The Balaban J connectivity index is 1.59. The summed E-state index contributed by atoms with van der Waals surface area (Å²) in [6.45, 7) is -0.887. The number of allylic oxidation sites excluding steroid dienone is 1. The van der Waals surface area contributed by atoms with Gasteiger partial charge in [0.2, 0.25) is 5.91 Å². The van der Waals surface area contributed by atoms with E-state index in [4.69, 9.17) is 4.52 Å². The highest BCUT2D eigenvalue weighted by molar-refractivity contribution is 5.93. The summed E-state index contributed by atoms with van der Waals surface area (Å²) in [6, 6.07) is 5.87. The minimum Gasteiger partial charge on any atom is -0.435 e. The Labute approximate surface area is 149 Å². The van der Waals surface area contributed by atoms with Gasteiger partial charge < -0.3 is 14.6 Å². The fourth-order valence-corrected chi connectivity index (χ4v) is 2.85. The third-order valence-corrected chi connectivity index (χ3v) is 4.28. The third-order valence-electron chi connectivity index (χ3n) is 4.28. The van der Waals surface area contributed by atoms with Crippen molar-refractivity contribution in [1.82, 2.24) is 15.5 Å². The molecule has 1 heterocycles. The maximum Gasteiger partial charge on any atom is 0.387 e. The van der Waals surface area contributed by atoms with Crippen LogP contribution in [0.5, 0.6) is 5.75 Å². The van der Waals surface area contributed by atoms with Crippen LogP contribution in [0.4, 0.5) is 8.78 Å². The van der Waals surface area contributed by atoms with Crippen LogP contribution < -0.4 is 10.1 Å². The van der Waals surface area contributed by atoms with E-state index in [0.717, 1.165) is 31.3 Å². The fourth-order valence-electron chi connectivity index (χ4n) is 2.85. The maximum absolute atomic E-state index is 12.2. The van der Waals surface area contributed by atoms with Crippen molar-refractivity contribution in [2.75, 3.05) is 0 Å². The second kappa shape index (κ2) is 8.07. The Morgan fingerprint density at radius 3 is 2.62 bits per heavy atom. The van der Waals surface area contributed by atoms with Crippen LogP contribution in [0.1, 0.15) is 38.4 Å². The summed E-state index contributed by atoms with van der Waals surface area (Å²) in [6.07, 6.45) is 4.23. The lowest BCUT2D eigenvalue weighted by atomic mass is 10.1. The van der Waals surface area contributed by atoms with Crippen molar-refractivity contribution in [2.24, 2.45) is 0 Å². The van der Waals surface area contributed by atoms with Crippen LogP contribution in [0.2, 0.25) is 0 Å². The van der Waals surface area contributed by atoms with E-state index in [1.807, 2.05) is 6.92 Å². The molecule has 0 aliphatic heterocycles. The van der Waals surface area contributed by atoms with Crippen LogP contribution in [0.3, 0.4) is 0 Å². The Bertz CT molecular complexity index is 792. The molecule has 1 amide bonds. The summed E-state index contributed by atoms with van der Waals surface area (Å²) in [5.41, 5.74) is 2.55. The molecular weight excluding hydrogens is 344 g/mol. The van der Waals surface area contributed by atoms with Gasteiger partial charge in [-0.2, -0.15) is 13.8 Å². The standard InChI is InChI=1S/C18H19F2N3O3/c1-11(12-4-2-3-5-12)16(24)21-10-15-22-17(26-23-15)13-6-8-14(9-7-13)25-18(19)20/h6-9,18H,2-5,10H2,1H3,(H,21,24). The number of alkyl halides is 2. The predicted molar refractivity (Wildman–Crippen MR) is 89.4 cm³/mol. The summed E-state index contributed by atoms with van der Waals surface area (Å²) in [5.74, 6) is 0.502. The summed E-state index contributed by atoms with van der Waals surface area (Å²) in [5, 5.41) is 6.61. The Morgan fingerprint density at radius 1 is 1.27 bits per heavy atom. The minimum absolute atomic E-state index is 0.0474. The molecule has 0 bridgehead atoms. The van der Waals surface area contributed by atoms with Crippen molar-refractivity contribution in [3.63, 3.8) is 0 Å². The smallest absolute Gasteiger partial charge is 0.387 e. The first-order valence-electron chi connectivity index (χ1n) is 8.37. The average molecular weight is 363 g/mol. The maximum atomic E-state index is 12.2. The van der Waals surface area contributed by atoms with Crippen LogP contribution in [0.15, 0.2) is 39.9 Å². The van der Waals surface area contributed by atoms with Gasteiger partial charge in [-0.3, -0.25) is 4.79 Å². The van der Waals surface area contributed by atoms with Crippen LogP contribution in [-0.2, 0) is 11.3 Å². The van der Waals surface area contributed by atoms with E-state index in [2.05, 4.69) is 20.2 Å². The number of nitrogens with one attached hydrogen (secondary N) is 1. The molecule has 26 heavy (non-hydrogen) atoms. The van der Waals surface area contributed by atoms with Gasteiger partial charge in [0, 0.05) is 11.1 Å². The highest BCUT2D eigenvalue weighted by Gasteiger charge is 2.16. The average Bonchev–Trinajstić information content (AvgIpc) is 3.31. The normalized spacial score (nSPS) is 13.9. The van der Waals surface area contributed by atoms with Gasteiger partial charge in [0.25, 0.3) is 5.89 Å². The highest BCUT2D eigenvalue weighted by Crippen LogP contribution is 2.27. The van der Waals surface area contributed by atoms with E-state index >= 15 is 0 Å². The zero-order valence-electron chi connectivity index (χ0n) is 14.3. The highest BCUT2D eigenvalue weighted by atomic mass is 19.3. The van der Waals surface area contributed by atoms with Gasteiger partial charge in [0.1, 0.15) is 5.75 Å². The van der Waals surface area contributed by atoms with Gasteiger partial charge in [0.15, 0.2) is 5.82 Å². The van der Waals surface area contributed by atoms with E-state index in [1.165, 1.54) is 17.7 Å². The zero-order chi connectivity index (χ0) is 18.5. The van der Waals surface area contributed by atoms with Crippen LogP contribution in [0, 0.1) is 0 Å². The number of carbonyl (C=O) groups is 1. The molecule has 0 saturated heterocycles. The molecule has 0 radical (unpaired) electrons. The molecule has 6 nitrogen and oxygen atoms in total. The number of hydrogen-bond donors (Lipinski definition) is 1. The molecule has 1 aliphatic carbocycles. The minimum atomic E-state index is -2.87. The third kappa shape index (κ3) is 4.44.